The van der Waals surface area contributed by atoms with Crippen molar-refractivity contribution in [2.75, 3.05) is 25.1 Å². The molecule has 32 heavy (non-hydrogen) atoms. The average Bonchev–Trinajstić information content (AvgIpc) is 3.10. The molecule has 1 atom stereocenters. The van der Waals surface area contributed by atoms with Crippen molar-refractivity contribution < 1.29 is 17.9 Å². The van der Waals surface area contributed by atoms with Crippen LogP contribution in [0.5, 0.6) is 5.75 Å². The van der Waals surface area contributed by atoms with Gasteiger partial charge in [-0.05, 0) is 48.6 Å². The van der Waals surface area contributed by atoms with Crippen molar-refractivity contribution in [1.29, 1.82) is 0 Å². The summed E-state index contributed by atoms with van der Waals surface area (Å²) in [6.45, 7) is 1.27. The van der Waals surface area contributed by atoms with E-state index in [4.69, 9.17) is 22.1 Å². The van der Waals surface area contributed by atoms with Gasteiger partial charge in [0, 0.05) is 24.3 Å². The van der Waals surface area contributed by atoms with Crippen LogP contribution in [-0.4, -0.2) is 49.3 Å². The SMILES string of the molecule is COc1ccc(N2CCC(S(N)(=O)=O)CC2)cc1-c1ccc(CC2SC(=S)NC2=O)cc1. The van der Waals surface area contributed by atoms with Gasteiger partial charge in [0.15, 0.2) is 0 Å². The van der Waals surface area contributed by atoms with Gasteiger partial charge >= 0.3 is 0 Å². The lowest BCUT2D eigenvalue weighted by atomic mass is 9.99. The maximum atomic E-state index is 11.9. The number of piperidine rings is 1. The number of nitrogens with zero attached hydrogens (tertiary/aromatic N) is 1. The fourth-order valence-corrected chi connectivity index (χ4v) is 6.30. The summed E-state index contributed by atoms with van der Waals surface area (Å²) in [7, 11) is -1.85. The van der Waals surface area contributed by atoms with Crippen molar-refractivity contribution in [3.63, 3.8) is 0 Å². The number of hydrogen-bond donors (Lipinski definition) is 2. The fraction of sp³-hybridized carbons (Fsp3) is 0.364. The van der Waals surface area contributed by atoms with Gasteiger partial charge in [0.05, 0.1) is 17.6 Å². The van der Waals surface area contributed by atoms with Gasteiger partial charge in [-0.15, -0.1) is 0 Å². The summed E-state index contributed by atoms with van der Waals surface area (Å²) in [5, 5.41) is 7.34. The Balaban J connectivity index is 1.52. The molecule has 2 heterocycles. The highest BCUT2D eigenvalue weighted by atomic mass is 32.2. The summed E-state index contributed by atoms with van der Waals surface area (Å²) >= 11 is 6.46. The second-order valence-electron chi connectivity index (χ2n) is 7.94. The van der Waals surface area contributed by atoms with E-state index in [0.717, 1.165) is 28.1 Å². The van der Waals surface area contributed by atoms with Gasteiger partial charge in [0.1, 0.15) is 10.1 Å². The third kappa shape index (κ3) is 5.09. The Hall–Kier alpha value is -2.14. The van der Waals surface area contributed by atoms with Crippen LogP contribution in [0.15, 0.2) is 42.5 Å². The number of ether oxygens (including phenoxy) is 1. The first kappa shape index (κ1) is 23.0. The summed E-state index contributed by atoms with van der Waals surface area (Å²) in [5.74, 6) is 0.724. The maximum Gasteiger partial charge on any atom is 0.239 e. The summed E-state index contributed by atoms with van der Waals surface area (Å²) in [5.41, 5.74) is 4.04. The molecule has 4 rings (SSSR count). The highest BCUT2D eigenvalue weighted by Gasteiger charge is 2.29. The number of carbonyl (C=O) groups is 1. The fourth-order valence-electron chi connectivity index (χ4n) is 4.12. The summed E-state index contributed by atoms with van der Waals surface area (Å²) < 4.78 is 29.4. The zero-order chi connectivity index (χ0) is 22.9. The molecule has 0 radical (unpaired) electrons. The predicted molar refractivity (Wildman–Crippen MR) is 133 cm³/mol. The van der Waals surface area contributed by atoms with E-state index in [1.54, 1.807) is 7.11 Å². The molecule has 1 amide bonds. The molecule has 2 aliphatic heterocycles. The van der Waals surface area contributed by atoms with Crippen molar-refractivity contribution in [3.05, 3.63) is 48.0 Å². The van der Waals surface area contributed by atoms with Crippen LogP contribution >= 0.6 is 24.0 Å². The van der Waals surface area contributed by atoms with Gasteiger partial charge in [-0.3, -0.25) is 4.79 Å². The predicted octanol–water partition coefficient (Wildman–Crippen LogP) is 2.68. The van der Waals surface area contributed by atoms with E-state index in [0.29, 0.717) is 36.7 Å². The molecule has 0 bridgehead atoms. The van der Waals surface area contributed by atoms with E-state index in [1.165, 1.54) is 11.8 Å². The van der Waals surface area contributed by atoms with Crippen LogP contribution in [0.2, 0.25) is 0 Å². The van der Waals surface area contributed by atoms with E-state index < -0.39 is 15.3 Å². The van der Waals surface area contributed by atoms with Crippen molar-refractivity contribution in [3.8, 4) is 16.9 Å². The minimum atomic E-state index is -3.49. The molecule has 170 valence electrons. The Morgan fingerprint density at radius 2 is 1.88 bits per heavy atom. The van der Waals surface area contributed by atoms with Crippen molar-refractivity contribution in [2.45, 2.75) is 29.8 Å². The number of rotatable bonds is 6. The van der Waals surface area contributed by atoms with Gasteiger partial charge in [0.2, 0.25) is 15.9 Å². The summed E-state index contributed by atoms with van der Waals surface area (Å²) in [4.78, 5) is 14.1. The van der Waals surface area contributed by atoms with Gasteiger partial charge in [-0.25, -0.2) is 13.6 Å². The molecule has 0 saturated carbocycles. The molecule has 7 nitrogen and oxygen atoms in total. The average molecular weight is 492 g/mol. The number of anilines is 1. The van der Waals surface area contributed by atoms with E-state index in [-0.39, 0.29) is 11.2 Å². The first-order chi connectivity index (χ1) is 15.2. The number of primary sulfonamides is 1. The van der Waals surface area contributed by atoms with E-state index in [9.17, 15) is 13.2 Å². The minimum absolute atomic E-state index is 0.0374. The van der Waals surface area contributed by atoms with Gasteiger partial charge in [0.25, 0.3) is 0 Å². The lowest BCUT2D eigenvalue weighted by Crippen LogP contribution is -2.41. The van der Waals surface area contributed by atoms with Crippen LogP contribution in [-0.2, 0) is 21.2 Å². The number of amides is 1. The van der Waals surface area contributed by atoms with Crippen molar-refractivity contribution in [1.82, 2.24) is 5.32 Å². The number of nitrogens with one attached hydrogen (secondary N) is 1. The molecule has 2 aromatic carbocycles. The highest BCUT2D eigenvalue weighted by Crippen LogP contribution is 2.35. The summed E-state index contributed by atoms with van der Waals surface area (Å²) in [6.07, 6.45) is 1.66. The molecule has 0 aliphatic carbocycles. The Kier molecular flexibility index (Phi) is 6.75. The Labute approximate surface area is 197 Å². The van der Waals surface area contributed by atoms with Crippen LogP contribution in [0, 0.1) is 0 Å². The number of sulfonamides is 1. The van der Waals surface area contributed by atoms with Gasteiger partial charge in [-0.1, -0.05) is 48.2 Å². The maximum absolute atomic E-state index is 11.9. The molecule has 2 fully saturated rings. The smallest absolute Gasteiger partial charge is 0.239 e. The number of thioether (sulfide) groups is 1. The number of nitrogens with two attached hydrogens (primary N) is 1. The monoisotopic (exact) mass is 491 g/mol. The normalized spacial score (nSPS) is 19.8. The van der Waals surface area contributed by atoms with Gasteiger partial charge < -0.3 is 15.0 Å². The molecule has 2 saturated heterocycles. The molecule has 1 unspecified atom stereocenters. The molecule has 2 aliphatic rings. The number of thiocarbonyl (C=S) groups is 1. The van der Waals surface area contributed by atoms with Crippen LogP contribution in [0.1, 0.15) is 18.4 Å². The van der Waals surface area contributed by atoms with Crippen LogP contribution in [0.3, 0.4) is 0 Å². The molecular weight excluding hydrogens is 466 g/mol. The summed E-state index contributed by atoms with van der Waals surface area (Å²) in [6, 6.07) is 14.1. The molecule has 2 aromatic rings. The minimum Gasteiger partial charge on any atom is -0.496 e. The van der Waals surface area contributed by atoms with Gasteiger partial charge in [-0.2, -0.15) is 0 Å². The van der Waals surface area contributed by atoms with E-state index >= 15 is 0 Å². The number of hydrogen-bond acceptors (Lipinski definition) is 7. The number of methoxy groups -OCH3 is 1. The van der Waals surface area contributed by atoms with E-state index in [1.807, 2.05) is 36.4 Å². The third-order valence-corrected chi connectivity index (χ3v) is 8.68. The number of carbonyl (C=O) groups excluding carboxylic acids is 1. The zero-order valence-corrected chi connectivity index (χ0v) is 20.1. The van der Waals surface area contributed by atoms with E-state index in [2.05, 4.69) is 16.3 Å². The topological polar surface area (TPSA) is 102 Å². The standard InChI is InChI=1S/C22H25N3O4S3/c1-29-19-7-6-16(25-10-8-17(9-11-25)32(23,27)28)13-18(19)15-4-2-14(3-5-15)12-20-21(26)24-22(30)31-20/h2-7,13,17,20H,8-12H2,1H3,(H2,23,27,28)(H,24,26,30). The van der Waals surface area contributed by atoms with Crippen molar-refractivity contribution >= 4 is 49.9 Å². The molecule has 10 heteroatoms. The second kappa shape index (κ2) is 9.38. The molecule has 0 spiro atoms. The largest absolute Gasteiger partial charge is 0.496 e. The quantitative estimate of drug-likeness (QED) is 0.599. The third-order valence-electron chi connectivity index (χ3n) is 5.91. The molecule has 3 N–H and O–H groups in total. The van der Waals surface area contributed by atoms with Crippen LogP contribution < -0.4 is 20.1 Å². The first-order valence-electron chi connectivity index (χ1n) is 10.3. The number of benzene rings is 2. The van der Waals surface area contributed by atoms with Crippen molar-refractivity contribution in [2.24, 2.45) is 5.14 Å². The highest BCUT2D eigenvalue weighted by molar-refractivity contribution is 8.24. The first-order valence-corrected chi connectivity index (χ1v) is 13.2. The zero-order valence-electron chi connectivity index (χ0n) is 17.6. The lowest BCUT2D eigenvalue weighted by molar-refractivity contribution is -0.118. The Bertz CT molecular complexity index is 1130. The van der Waals surface area contributed by atoms with Crippen LogP contribution in [0.25, 0.3) is 11.1 Å². The molecular formula is C22H25N3O4S3. The molecule has 0 aromatic heterocycles. The lowest BCUT2D eigenvalue weighted by Gasteiger charge is -2.33. The Morgan fingerprint density at radius 3 is 2.44 bits per heavy atom. The van der Waals surface area contributed by atoms with Crippen LogP contribution in [0.4, 0.5) is 5.69 Å². The second-order valence-corrected chi connectivity index (χ2v) is 11.7. The Morgan fingerprint density at radius 1 is 1.19 bits per heavy atom.